The Bertz CT molecular complexity index is 404. The van der Waals surface area contributed by atoms with Crippen molar-refractivity contribution in [3.8, 4) is 0 Å². The van der Waals surface area contributed by atoms with Gasteiger partial charge >= 0.3 is 0 Å². The predicted molar refractivity (Wildman–Crippen MR) is 67.6 cm³/mol. The van der Waals surface area contributed by atoms with Crippen LogP contribution < -0.4 is 5.48 Å². The maximum absolute atomic E-state index is 9.11. The summed E-state index contributed by atoms with van der Waals surface area (Å²) in [5.41, 5.74) is 3.16. The Kier molecular flexibility index (Phi) is 3.51. The second kappa shape index (κ2) is 4.89. The van der Waals surface area contributed by atoms with Gasteiger partial charge < -0.3 is 0 Å². The quantitative estimate of drug-likeness (QED) is 0.775. The number of fused-ring (bicyclic) bond motifs is 1. The van der Waals surface area contributed by atoms with Gasteiger partial charge in [-0.2, -0.15) is 0 Å². The van der Waals surface area contributed by atoms with Crippen molar-refractivity contribution in [2.45, 2.75) is 30.4 Å². The van der Waals surface area contributed by atoms with Crippen molar-refractivity contribution >= 4 is 23.3 Å². The Morgan fingerprint density at radius 1 is 1.44 bits per heavy atom. The first kappa shape index (κ1) is 11.5. The van der Waals surface area contributed by atoms with Crippen LogP contribution in [0.4, 0.5) is 5.69 Å². The molecule has 0 saturated carbocycles. The predicted octanol–water partition coefficient (Wildman–Crippen LogP) is 3.22. The molecular weight excluding hydrogens is 220 g/mol. The zero-order valence-electron chi connectivity index (χ0n) is 9.47. The molecule has 1 aliphatic heterocycles. The molecule has 3 nitrogen and oxygen atoms in total. The molecule has 0 bridgehead atoms. The van der Waals surface area contributed by atoms with Crippen LogP contribution in [0.5, 0.6) is 0 Å². The van der Waals surface area contributed by atoms with Crippen molar-refractivity contribution in [3.63, 3.8) is 0 Å². The smallest absolute Gasteiger partial charge is 0.139 e. The molecule has 0 spiro atoms. The molecule has 86 valence electrons. The Balaban J connectivity index is 2.27. The maximum Gasteiger partial charge on any atom is 0.139 e. The van der Waals surface area contributed by atoms with Crippen LogP contribution in [0.15, 0.2) is 34.2 Å². The average Bonchev–Trinajstić information content (AvgIpc) is 2.27. The molecule has 2 N–H and O–H groups in total. The van der Waals surface area contributed by atoms with Crippen LogP contribution in [0.1, 0.15) is 20.3 Å². The molecular formula is C12H16N2OS. The normalized spacial score (nSPS) is 19.2. The number of rotatable bonds is 2. The SMILES string of the molecule is CC(C)CC1Sc2ccccc2N=C1NO. The van der Waals surface area contributed by atoms with E-state index in [2.05, 4.69) is 30.4 Å². The average molecular weight is 236 g/mol. The number of amidine groups is 1. The van der Waals surface area contributed by atoms with E-state index >= 15 is 0 Å². The molecule has 1 aliphatic rings. The molecule has 1 atom stereocenters. The lowest BCUT2D eigenvalue weighted by atomic mass is 10.1. The largest absolute Gasteiger partial charge is 0.290 e. The summed E-state index contributed by atoms with van der Waals surface area (Å²) in [5.74, 6) is 1.25. The molecule has 0 fully saturated rings. The molecule has 1 aromatic carbocycles. The van der Waals surface area contributed by atoms with Gasteiger partial charge in [-0.25, -0.2) is 4.99 Å². The lowest BCUT2D eigenvalue weighted by Crippen LogP contribution is -2.32. The van der Waals surface area contributed by atoms with Crippen molar-refractivity contribution in [1.82, 2.24) is 5.48 Å². The van der Waals surface area contributed by atoms with Crippen LogP contribution in [0.3, 0.4) is 0 Å². The minimum Gasteiger partial charge on any atom is -0.290 e. The zero-order valence-corrected chi connectivity index (χ0v) is 10.3. The minimum atomic E-state index is 0.222. The monoisotopic (exact) mass is 236 g/mol. The fraction of sp³-hybridized carbons (Fsp3) is 0.417. The second-order valence-electron chi connectivity index (χ2n) is 4.31. The third-order valence-corrected chi connectivity index (χ3v) is 3.78. The highest BCUT2D eigenvalue weighted by Crippen LogP contribution is 2.39. The van der Waals surface area contributed by atoms with E-state index in [-0.39, 0.29) is 5.25 Å². The van der Waals surface area contributed by atoms with Gasteiger partial charge in [-0.05, 0) is 24.5 Å². The number of benzene rings is 1. The highest BCUT2D eigenvalue weighted by Gasteiger charge is 2.24. The summed E-state index contributed by atoms with van der Waals surface area (Å²) < 4.78 is 0. The van der Waals surface area contributed by atoms with Crippen LogP contribution in [0.2, 0.25) is 0 Å². The van der Waals surface area contributed by atoms with Gasteiger partial charge in [0.1, 0.15) is 5.84 Å². The molecule has 16 heavy (non-hydrogen) atoms. The summed E-state index contributed by atoms with van der Waals surface area (Å²) in [6, 6.07) is 8.02. The van der Waals surface area contributed by atoms with Crippen molar-refractivity contribution in [2.24, 2.45) is 10.9 Å². The first-order valence-corrected chi connectivity index (χ1v) is 6.33. The van der Waals surface area contributed by atoms with Crippen molar-refractivity contribution in [1.29, 1.82) is 0 Å². The van der Waals surface area contributed by atoms with Crippen LogP contribution >= 0.6 is 11.8 Å². The van der Waals surface area contributed by atoms with E-state index in [1.807, 2.05) is 18.2 Å². The van der Waals surface area contributed by atoms with E-state index in [1.165, 1.54) is 4.90 Å². The Hall–Kier alpha value is -1.00. The van der Waals surface area contributed by atoms with Gasteiger partial charge in [-0.1, -0.05) is 26.0 Å². The Morgan fingerprint density at radius 2 is 2.19 bits per heavy atom. The van der Waals surface area contributed by atoms with Gasteiger partial charge in [-0.15, -0.1) is 11.8 Å². The fourth-order valence-corrected chi connectivity index (χ4v) is 3.14. The molecule has 0 aromatic heterocycles. The van der Waals surface area contributed by atoms with Gasteiger partial charge in [0, 0.05) is 4.90 Å². The maximum atomic E-state index is 9.11. The number of hydrogen-bond donors (Lipinski definition) is 2. The molecule has 0 radical (unpaired) electrons. The molecule has 0 amide bonds. The van der Waals surface area contributed by atoms with Crippen molar-refractivity contribution in [2.75, 3.05) is 0 Å². The van der Waals surface area contributed by atoms with Gasteiger partial charge in [0.25, 0.3) is 0 Å². The summed E-state index contributed by atoms with van der Waals surface area (Å²) >= 11 is 1.76. The van der Waals surface area contributed by atoms with E-state index < -0.39 is 0 Å². The molecule has 0 aliphatic carbocycles. The van der Waals surface area contributed by atoms with E-state index in [0.29, 0.717) is 11.8 Å². The first-order valence-electron chi connectivity index (χ1n) is 5.45. The minimum absolute atomic E-state index is 0.222. The standard InChI is InChI=1S/C12H16N2OS/c1-8(2)7-11-12(14-15)13-9-5-3-4-6-10(9)16-11/h3-6,8,11,15H,7H2,1-2H3,(H,13,14). The van der Waals surface area contributed by atoms with Gasteiger partial charge in [0.15, 0.2) is 0 Å². The summed E-state index contributed by atoms with van der Waals surface area (Å²) in [6.45, 7) is 4.35. The summed E-state index contributed by atoms with van der Waals surface area (Å²) in [6.07, 6.45) is 1.01. The van der Waals surface area contributed by atoms with E-state index in [9.17, 15) is 0 Å². The Morgan fingerprint density at radius 3 is 2.88 bits per heavy atom. The zero-order chi connectivity index (χ0) is 11.5. The highest BCUT2D eigenvalue weighted by molar-refractivity contribution is 8.00. The number of nitrogens with one attached hydrogen (secondary N) is 1. The first-order chi connectivity index (χ1) is 7.70. The third kappa shape index (κ3) is 2.39. The van der Waals surface area contributed by atoms with E-state index in [4.69, 9.17) is 5.21 Å². The Labute approximate surface area is 99.9 Å². The summed E-state index contributed by atoms with van der Waals surface area (Å²) in [5, 5.41) is 9.33. The number of aliphatic imine (C=N–C) groups is 1. The van der Waals surface area contributed by atoms with E-state index in [0.717, 1.165) is 12.1 Å². The third-order valence-electron chi connectivity index (χ3n) is 2.48. The number of nitrogens with zero attached hydrogens (tertiary/aromatic N) is 1. The second-order valence-corrected chi connectivity index (χ2v) is 5.56. The van der Waals surface area contributed by atoms with Crippen molar-refractivity contribution < 1.29 is 5.21 Å². The number of thioether (sulfide) groups is 1. The van der Waals surface area contributed by atoms with Crippen LogP contribution in [-0.4, -0.2) is 16.3 Å². The lowest BCUT2D eigenvalue weighted by Gasteiger charge is -2.24. The van der Waals surface area contributed by atoms with Crippen molar-refractivity contribution in [3.05, 3.63) is 24.3 Å². The number of hydroxylamine groups is 1. The lowest BCUT2D eigenvalue weighted by molar-refractivity contribution is 0.231. The van der Waals surface area contributed by atoms with Gasteiger partial charge in [0.05, 0.1) is 10.9 Å². The fourth-order valence-electron chi connectivity index (χ4n) is 1.74. The van der Waals surface area contributed by atoms with Gasteiger partial charge in [-0.3, -0.25) is 10.7 Å². The topological polar surface area (TPSA) is 44.6 Å². The van der Waals surface area contributed by atoms with Crippen LogP contribution in [-0.2, 0) is 0 Å². The highest BCUT2D eigenvalue weighted by atomic mass is 32.2. The number of para-hydroxylation sites is 1. The van der Waals surface area contributed by atoms with Gasteiger partial charge in [0.2, 0.25) is 0 Å². The number of hydrogen-bond acceptors (Lipinski definition) is 4. The molecule has 0 saturated heterocycles. The van der Waals surface area contributed by atoms with Crippen LogP contribution in [0.25, 0.3) is 0 Å². The summed E-state index contributed by atoms with van der Waals surface area (Å²) in [7, 11) is 0. The molecule has 1 aromatic rings. The molecule has 1 heterocycles. The van der Waals surface area contributed by atoms with Crippen LogP contribution in [0, 0.1) is 5.92 Å². The molecule has 1 unspecified atom stereocenters. The molecule has 4 heteroatoms. The van der Waals surface area contributed by atoms with E-state index in [1.54, 1.807) is 11.8 Å². The molecule has 2 rings (SSSR count). The summed E-state index contributed by atoms with van der Waals surface area (Å²) in [4.78, 5) is 5.62.